The van der Waals surface area contributed by atoms with Crippen molar-refractivity contribution in [2.75, 3.05) is 0 Å². The van der Waals surface area contributed by atoms with Gasteiger partial charge in [-0.15, -0.1) is 0 Å². The zero-order chi connectivity index (χ0) is 8.43. The van der Waals surface area contributed by atoms with Crippen LogP contribution in [0.5, 0.6) is 0 Å². The molecular formula is C7H7BrO3. The second kappa shape index (κ2) is 3.09. The Balaban J connectivity index is 2.90. The fourth-order valence-corrected chi connectivity index (χ4v) is 0.914. The molecule has 4 heteroatoms. The van der Waals surface area contributed by atoms with Gasteiger partial charge in [-0.25, -0.2) is 4.79 Å². The van der Waals surface area contributed by atoms with Crippen LogP contribution >= 0.6 is 15.9 Å². The van der Waals surface area contributed by atoms with Crippen LogP contribution in [0.25, 0.3) is 0 Å². The van der Waals surface area contributed by atoms with Crippen molar-refractivity contribution < 1.29 is 14.3 Å². The molecule has 1 rings (SSSR count). The molecule has 0 bridgehead atoms. The first-order valence-corrected chi connectivity index (χ1v) is 3.98. The third-order valence-corrected chi connectivity index (χ3v) is 1.71. The van der Waals surface area contributed by atoms with Gasteiger partial charge in [0.2, 0.25) is 0 Å². The van der Waals surface area contributed by atoms with Gasteiger partial charge in [-0.2, -0.15) is 0 Å². The summed E-state index contributed by atoms with van der Waals surface area (Å²) in [4.78, 5) is 10.4. The summed E-state index contributed by atoms with van der Waals surface area (Å²) >= 11 is 3.26. The van der Waals surface area contributed by atoms with E-state index in [1.807, 2.05) is 6.92 Å². The van der Waals surface area contributed by atoms with Crippen LogP contribution in [0.2, 0.25) is 0 Å². The molecule has 0 fully saturated rings. The van der Waals surface area contributed by atoms with Crippen LogP contribution in [0.15, 0.2) is 16.7 Å². The summed E-state index contributed by atoms with van der Waals surface area (Å²) in [6, 6.07) is 1.50. The largest absolute Gasteiger partial charge is 0.478 e. The van der Waals surface area contributed by atoms with Crippen LogP contribution in [-0.4, -0.2) is 11.1 Å². The van der Waals surface area contributed by atoms with Gasteiger partial charge in [0.25, 0.3) is 0 Å². The number of hydrogen-bond donors (Lipinski definition) is 1. The molecule has 0 radical (unpaired) electrons. The molecule has 0 saturated heterocycles. The van der Waals surface area contributed by atoms with E-state index in [2.05, 4.69) is 15.9 Å². The van der Waals surface area contributed by atoms with E-state index in [9.17, 15) is 4.79 Å². The number of rotatable bonds is 2. The summed E-state index contributed by atoms with van der Waals surface area (Å²) in [5, 5.41) is 8.50. The molecule has 1 heterocycles. The molecule has 3 nitrogen and oxygen atoms in total. The van der Waals surface area contributed by atoms with E-state index < -0.39 is 5.97 Å². The van der Waals surface area contributed by atoms with Gasteiger partial charge in [-0.3, -0.25) is 0 Å². The van der Waals surface area contributed by atoms with E-state index in [4.69, 9.17) is 9.52 Å². The lowest BCUT2D eigenvalue weighted by atomic mass is 10.3. The first-order valence-electron chi connectivity index (χ1n) is 3.07. The lowest BCUT2D eigenvalue weighted by molar-refractivity contribution is 0.0696. The van der Waals surface area contributed by atoms with Crippen molar-refractivity contribution in [3.63, 3.8) is 0 Å². The van der Waals surface area contributed by atoms with Crippen molar-refractivity contribution in [2.24, 2.45) is 0 Å². The number of carboxylic acid groups (broad SMARTS) is 1. The molecule has 0 saturated carbocycles. The molecule has 0 aliphatic heterocycles. The summed E-state index contributed by atoms with van der Waals surface area (Å²) in [7, 11) is 0. The topological polar surface area (TPSA) is 50.4 Å². The quantitative estimate of drug-likeness (QED) is 0.777. The molecule has 1 aromatic heterocycles. The summed E-state index contributed by atoms with van der Waals surface area (Å²) in [5.74, 6) is -0.337. The molecule has 60 valence electrons. The molecule has 1 atom stereocenters. The minimum Gasteiger partial charge on any atom is -0.478 e. The lowest BCUT2D eigenvalue weighted by Crippen LogP contribution is -1.91. The van der Waals surface area contributed by atoms with E-state index in [1.54, 1.807) is 0 Å². The third kappa shape index (κ3) is 1.83. The molecule has 0 aromatic carbocycles. The van der Waals surface area contributed by atoms with Crippen molar-refractivity contribution in [2.45, 2.75) is 11.8 Å². The van der Waals surface area contributed by atoms with Crippen LogP contribution in [0.4, 0.5) is 0 Å². The SMILES string of the molecule is CC(Br)c1cc(C(=O)O)co1. The number of alkyl halides is 1. The van der Waals surface area contributed by atoms with Gasteiger partial charge in [-0.05, 0) is 13.0 Å². The van der Waals surface area contributed by atoms with E-state index in [-0.39, 0.29) is 10.4 Å². The zero-order valence-corrected chi connectivity index (χ0v) is 7.46. The highest BCUT2D eigenvalue weighted by Gasteiger charge is 2.10. The number of halogens is 1. The van der Waals surface area contributed by atoms with Gasteiger partial charge >= 0.3 is 5.97 Å². The third-order valence-electron chi connectivity index (χ3n) is 1.26. The standard InChI is InChI=1S/C7H7BrO3/c1-4(8)6-2-5(3-11-6)7(9)10/h2-4H,1H3,(H,9,10). The summed E-state index contributed by atoms with van der Waals surface area (Å²) < 4.78 is 4.96. The Morgan fingerprint density at radius 3 is 2.73 bits per heavy atom. The Hall–Kier alpha value is -0.770. The smallest absolute Gasteiger partial charge is 0.338 e. The van der Waals surface area contributed by atoms with Crippen molar-refractivity contribution in [3.05, 3.63) is 23.7 Å². The molecule has 0 amide bonds. The minimum absolute atomic E-state index is 0.0515. The highest BCUT2D eigenvalue weighted by molar-refractivity contribution is 9.09. The van der Waals surface area contributed by atoms with Crippen molar-refractivity contribution in [1.82, 2.24) is 0 Å². The van der Waals surface area contributed by atoms with Crippen molar-refractivity contribution in [1.29, 1.82) is 0 Å². The van der Waals surface area contributed by atoms with Gasteiger partial charge in [0.15, 0.2) is 0 Å². The highest BCUT2D eigenvalue weighted by Crippen LogP contribution is 2.23. The molecular weight excluding hydrogens is 212 g/mol. The van der Waals surface area contributed by atoms with Crippen LogP contribution in [0.3, 0.4) is 0 Å². The number of carbonyl (C=O) groups is 1. The maximum atomic E-state index is 10.4. The Morgan fingerprint density at radius 2 is 2.45 bits per heavy atom. The highest BCUT2D eigenvalue weighted by atomic mass is 79.9. The first-order chi connectivity index (χ1) is 5.11. The molecule has 1 N–H and O–H groups in total. The molecule has 0 aliphatic carbocycles. The number of furan rings is 1. The Kier molecular flexibility index (Phi) is 2.34. The molecule has 0 aliphatic rings. The monoisotopic (exact) mass is 218 g/mol. The predicted molar refractivity (Wildman–Crippen MR) is 43.0 cm³/mol. The van der Waals surface area contributed by atoms with Crippen molar-refractivity contribution in [3.8, 4) is 0 Å². The average Bonchev–Trinajstić information content (AvgIpc) is 2.33. The van der Waals surface area contributed by atoms with E-state index in [0.717, 1.165) is 0 Å². The lowest BCUT2D eigenvalue weighted by Gasteiger charge is -1.93. The maximum Gasteiger partial charge on any atom is 0.338 e. The fraction of sp³-hybridized carbons (Fsp3) is 0.286. The summed E-state index contributed by atoms with van der Waals surface area (Å²) in [6.07, 6.45) is 1.23. The van der Waals surface area contributed by atoms with Gasteiger partial charge < -0.3 is 9.52 Å². The van der Waals surface area contributed by atoms with Crippen LogP contribution in [-0.2, 0) is 0 Å². The predicted octanol–water partition coefficient (Wildman–Crippen LogP) is 2.43. The van der Waals surface area contributed by atoms with Gasteiger partial charge in [0.05, 0.1) is 10.4 Å². The number of hydrogen-bond acceptors (Lipinski definition) is 2. The minimum atomic E-state index is -0.965. The van der Waals surface area contributed by atoms with Crippen LogP contribution in [0.1, 0.15) is 27.9 Å². The van der Waals surface area contributed by atoms with Crippen LogP contribution in [0, 0.1) is 0 Å². The van der Waals surface area contributed by atoms with E-state index >= 15 is 0 Å². The molecule has 1 aromatic rings. The fourth-order valence-electron chi connectivity index (χ4n) is 0.674. The van der Waals surface area contributed by atoms with Gasteiger partial charge in [0.1, 0.15) is 12.0 Å². The number of carboxylic acids is 1. The van der Waals surface area contributed by atoms with Gasteiger partial charge in [-0.1, -0.05) is 15.9 Å². The molecule has 1 unspecified atom stereocenters. The average molecular weight is 219 g/mol. The Morgan fingerprint density at radius 1 is 1.82 bits per heavy atom. The van der Waals surface area contributed by atoms with E-state index in [1.165, 1.54) is 12.3 Å². The normalized spacial score (nSPS) is 12.9. The second-order valence-electron chi connectivity index (χ2n) is 2.16. The zero-order valence-electron chi connectivity index (χ0n) is 5.87. The van der Waals surface area contributed by atoms with Crippen molar-refractivity contribution >= 4 is 21.9 Å². The summed E-state index contributed by atoms with van der Waals surface area (Å²) in [5.41, 5.74) is 0.186. The summed E-state index contributed by atoms with van der Waals surface area (Å²) in [6.45, 7) is 1.87. The second-order valence-corrected chi connectivity index (χ2v) is 3.53. The molecule has 11 heavy (non-hydrogen) atoms. The van der Waals surface area contributed by atoms with E-state index in [0.29, 0.717) is 5.76 Å². The van der Waals surface area contributed by atoms with Crippen LogP contribution < -0.4 is 0 Å². The Bertz CT molecular complexity index is 264. The van der Waals surface area contributed by atoms with Gasteiger partial charge in [0, 0.05) is 0 Å². The number of aromatic carboxylic acids is 1. The first kappa shape index (κ1) is 8.33. The Labute approximate surface area is 72.1 Å². The molecule has 0 spiro atoms. The maximum absolute atomic E-state index is 10.4.